The molecule has 2 bridgehead atoms. The van der Waals surface area contributed by atoms with Gasteiger partial charge in [-0.15, -0.1) is 11.3 Å². The molecule has 23 heavy (non-hydrogen) atoms. The number of thiophene rings is 1. The summed E-state index contributed by atoms with van der Waals surface area (Å²) in [6.45, 7) is 2.93. The van der Waals surface area contributed by atoms with Gasteiger partial charge in [0.05, 0.1) is 0 Å². The molecule has 4 rings (SSSR count). The molecule has 4 nitrogen and oxygen atoms in total. The van der Waals surface area contributed by atoms with Gasteiger partial charge < -0.3 is 10.2 Å². The summed E-state index contributed by atoms with van der Waals surface area (Å²) in [6.07, 6.45) is -1.96. The molecule has 2 aliphatic rings. The molecule has 1 N–H and O–H groups in total. The van der Waals surface area contributed by atoms with Gasteiger partial charge in [-0.25, -0.2) is 0 Å². The van der Waals surface area contributed by atoms with Crippen LogP contribution < -0.4 is 5.32 Å². The topological polar surface area (TPSA) is 45.2 Å². The number of fused-ring (bicyclic) bond motifs is 3. The third-order valence-electron chi connectivity index (χ3n) is 4.56. The Labute approximate surface area is 134 Å². The molecule has 4 heterocycles. The Kier molecular flexibility index (Phi) is 3.35. The highest BCUT2D eigenvalue weighted by atomic mass is 32.1. The highest BCUT2D eigenvalue weighted by Crippen LogP contribution is 2.38. The molecule has 122 valence electrons. The molecule has 8 heteroatoms. The smallest absolute Gasteiger partial charge is 0.346 e. The molecule has 3 unspecified atom stereocenters. The van der Waals surface area contributed by atoms with E-state index in [0.717, 1.165) is 32.1 Å². The summed E-state index contributed by atoms with van der Waals surface area (Å²) in [4.78, 5) is 18.0. The van der Waals surface area contributed by atoms with Crippen molar-refractivity contribution in [2.45, 2.75) is 18.6 Å². The van der Waals surface area contributed by atoms with E-state index in [1.807, 2.05) is 0 Å². The van der Waals surface area contributed by atoms with E-state index < -0.39 is 11.1 Å². The van der Waals surface area contributed by atoms with E-state index in [1.165, 1.54) is 12.3 Å². The lowest BCUT2D eigenvalue weighted by atomic mass is 10.00. The summed E-state index contributed by atoms with van der Waals surface area (Å²) in [6, 6.07) is 2.62. The summed E-state index contributed by atoms with van der Waals surface area (Å²) in [5.41, 5.74) is 0.172. The summed E-state index contributed by atoms with van der Waals surface area (Å²) >= 11 is 0.637. The monoisotopic (exact) mass is 341 g/mol. The first kappa shape index (κ1) is 14.9. The average molecular weight is 341 g/mol. The van der Waals surface area contributed by atoms with Gasteiger partial charge in [0, 0.05) is 35.4 Å². The van der Waals surface area contributed by atoms with Gasteiger partial charge in [0.1, 0.15) is 10.6 Å². The minimum atomic E-state index is -4.37. The van der Waals surface area contributed by atoms with Crippen LogP contribution in [0.1, 0.15) is 21.8 Å². The average Bonchev–Trinajstić information content (AvgIpc) is 3.20. The normalized spacial score (nSPS) is 26.8. The number of amides is 1. The second kappa shape index (κ2) is 5.17. The van der Waals surface area contributed by atoms with Crippen molar-refractivity contribution in [2.24, 2.45) is 5.92 Å². The number of halogens is 3. The standard InChI is InChI=1S/C15H14F3N3OS/c16-15(17,18)13-3-9-5-19-10(4-12(9)23-13)14(22)20-11-7-21-2-1-8(11)6-21/h3-5,8,11H,1-2,6-7H2,(H,20,22). The van der Waals surface area contributed by atoms with Gasteiger partial charge in [-0.2, -0.15) is 13.2 Å². The number of carbonyl (C=O) groups excluding carboxylic acids is 1. The van der Waals surface area contributed by atoms with Gasteiger partial charge in [0.25, 0.3) is 5.91 Å². The zero-order valence-corrected chi connectivity index (χ0v) is 12.9. The molecule has 0 aliphatic carbocycles. The first-order valence-corrected chi connectivity index (χ1v) is 8.22. The van der Waals surface area contributed by atoms with Crippen LogP contribution in [-0.4, -0.2) is 41.5 Å². The molecule has 1 amide bonds. The molecule has 0 radical (unpaired) electrons. The van der Waals surface area contributed by atoms with Gasteiger partial charge in [0.15, 0.2) is 0 Å². The predicted molar refractivity (Wildman–Crippen MR) is 80.4 cm³/mol. The molecular weight excluding hydrogens is 327 g/mol. The number of aromatic nitrogens is 1. The molecule has 2 fully saturated rings. The van der Waals surface area contributed by atoms with Crippen LogP contribution in [0.5, 0.6) is 0 Å². The van der Waals surface area contributed by atoms with Crippen LogP contribution in [0, 0.1) is 5.92 Å². The zero-order valence-electron chi connectivity index (χ0n) is 12.1. The number of hydrogen-bond acceptors (Lipinski definition) is 4. The van der Waals surface area contributed by atoms with E-state index in [9.17, 15) is 18.0 Å². The maximum absolute atomic E-state index is 12.7. The fourth-order valence-corrected chi connectivity index (χ4v) is 4.33. The van der Waals surface area contributed by atoms with Crippen molar-refractivity contribution < 1.29 is 18.0 Å². The minimum Gasteiger partial charge on any atom is -0.346 e. The molecular formula is C15H14F3N3OS. The number of rotatable bonds is 2. The van der Waals surface area contributed by atoms with Crippen LogP contribution in [0.4, 0.5) is 13.2 Å². The Hall–Kier alpha value is -1.67. The van der Waals surface area contributed by atoms with E-state index in [4.69, 9.17) is 0 Å². The van der Waals surface area contributed by atoms with E-state index in [0.29, 0.717) is 27.3 Å². The maximum atomic E-state index is 12.7. The third kappa shape index (κ3) is 2.70. The highest BCUT2D eigenvalue weighted by Gasteiger charge is 2.39. The second-order valence-corrected chi connectivity index (χ2v) is 7.19. The lowest BCUT2D eigenvalue weighted by molar-refractivity contribution is -0.134. The number of alkyl halides is 3. The fraction of sp³-hybridized carbons (Fsp3) is 0.467. The number of nitrogens with one attached hydrogen (secondary N) is 1. The van der Waals surface area contributed by atoms with Gasteiger partial charge in [-0.05, 0) is 31.0 Å². The van der Waals surface area contributed by atoms with Crippen LogP contribution in [0.15, 0.2) is 18.3 Å². The summed E-state index contributed by atoms with van der Waals surface area (Å²) in [5.74, 6) is 0.161. The van der Waals surface area contributed by atoms with Crippen molar-refractivity contribution in [3.63, 3.8) is 0 Å². The first-order valence-electron chi connectivity index (χ1n) is 7.40. The van der Waals surface area contributed by atoms with Crippen LogP contribution in [0.25, 0.3) is 10.1 Å². The van der Waals surface area contributed by atoms with Gasteiger partial charge in [-0.3, -0.25) is 9.78 Å². The Morgan fingerprint density at radius 3 is 2.83 bits per heavy atom. The highest BCUT2D eigenvalue weighted by molar-refractivity contribution is 7.19. The van der Waals surface area contributed by atoms with Crippen LogP contribution >= 0.6 is 11.3 Å². The second-order valence-electron chi connectivity index (χ2n) is 6.10. The van der Waals surface area contributed by atoms with E-state index in [1.54, 1.807) is 0 Å². The predicted octanol–water partition coefficient (Wildman–Crippen LogP) is 2.75. The Bertz CT molecular complexity index is 773. The van der Waals surface area contributed by atoms with Gasteiger partial charge >= 0.3 is 6.18 Å². The van der Waals surface area contributed by atoms with Crippen molar-refractivity contribution in [3.8, 4) is 0 Å². The molecule has 2 aromatic rings. The zero-order chi connectivity index (χ0) is 16.2. The third-order valence-corrected chi connectivity index (χ3v) is 5.71. The van der Waals surface area contributed by atoms with Crippen molar-refractivity contribution in [1.82, 2.24) is 15.2 Å². The molecule has 2 aromatic heterocycles. The quantitative estimate of drug-likeness (QED) is 0.914. The number of nitrogens with zero attached hydrogens (tertiary/aromatic N) is 2. The molecule has 2 aliphatic heterocycles. The first-order chi connectivity index (χ1) is 10.9. The van der Waals surface area contributed by atoms with Crippen molar-refractivity contribution in [1.29, 1.82) is 0 Å². The summed E-state index contributed by atoms with van der Waals surface area (Å²) in [7, 11) is 0. The molecule has 0 saturated carbocycles. The summed E-state index contributed by atoms with van der Waals surface area (Å²) in [5, 5.41) is 3.37. The number of pyridine rings is 1. The van der Waals surface area contributed by atoms with Gasteiger partial charge in [-0.1, -0.05) is 0 Å². The summed E-state index contributed by atoms with van der Waals surface area (Å²) < 4.78 is 38.7. The van der Waals surface area contributed by atoms with E-state index >= 15 is 0 Å². The number of piperidine rings is 1. The number of carbonyl (C=O) groups is 1. The lowest BCUT2D eigenvalue weighted by Crippen LogP contribution is -2.43. The van der Waals surface area contributed by atoms with Crippen LogP contribution in [0.2, 0.25) is 0 Å². The molecule has 3 atom stereocenters. The van der Waals surface area contributed by atoms with Crippen LogP contribution in [0.3, 0.4) is 0 Å². The molecule has 0 spiro atoms. The Morgan fingerprint density at radius 1 is 1.35 bits per heavy atom. The van der Waals surface area contributed by atoms with E-state index in [2.05, 4.69) is 15.2 Å². The minimum absolute atomic E-state index is 0.114. The molecule has 0 aromatic carbocycles. The SMILES string of the molecule is O=C(NC1CN2CCC1C2)c1cc2sc(C(F)(F)F)cc2cn1. The number of hydrogen-bond donors (Lipinski definition) is 1. The Balaban J connectivity index is 1.55. The lowest BCUT2D eigenvalue weighted by Gasteiger charge is -2.22. The van der Waals surface area contributed by atoms with Crippen molar-refractivity contribution >= 4 is 27.3 Å². The maximum Gasteiger partial charge on any atom is 0.425 e. The van der Waals surface area contributed by atoms with Crippen molar-refractivity contribution in [2.75, 3.05) is 19.6 Å². The van der Waals surface area contributed by atoms with Crippen molar-refractivity contribution in [3.05, 3.63) is 28.9 Å². The van der Waals surface area contributed by atoms with Gasteiger partial charge in [0.2, 0.25) is 0 Å². The largest absolute Gasteiger partial charge is 0.425 e. The molecule has 2 saturated heterocycles. The Morgan fingerprint density at radius 2 is 2.17 bits per heavy atom. The van der Waals surface area contributed by atoms with E-state index in [-0.39, 0.29) is 17.6 Å². The fourth-order valence-electron chi connectivity index (χ4n) is 3.39. The van der Waals surface area contributed by atoms with Crippen LogP contribution in [-0.2, 0) is 6.18 Å².